The van der Waals surface area contributed by atoms with Crippen LogP contribution in [0.2, 0.25) is 5.15 Å². The Morgan fingerprint density at radius 2 is 1.32 bits per heavy atom. The van der Waals surface area contributed by atoms with Crippen LogP contribution in [0.25, 0.3) is 60.6 Å². The molecule has 0 spiro atoms. The van der Waals surface area contributed by atoms with E-state index in [4.69, 9.17) is 21.6 Å². The largest absolute Gasteiger partial charge is 0.309 e. The Morgan fingerprint density at radius 3 is 2.21 bits per heavy atom. The van der Waals surface area contributed by atoms with Gasteiger partial charge in [-0.15, -0.1) is 0 Å². The highest BCUT2D eigenvalue weighted by Gasteiger charge is 2.16. The Kier molecular flexibility index (Phi) is 4.20. The van der Waals surface area contributed by atoms with E-state index in [-0.39, 0.29) is 0 Å². The van der Waals surface area contributed by atoms with E-state index in [0.29, 0.717) is 10.8 Å². The maximum Gasteiger partial charge on any atom is 0.156 e. The summed E-state index contributed by atoms with van der Waals surface area (Å²) in [5.41, 5.74) is 6.77. The predicted octanol–water partition coefficient (Wildman–Crippen LogP) is 8.20. The lowest BCUT2D eigenvalue weighted by atomic mass is 10.1. The van der Waals surface area contributed by atoms with Crippen LogP contribution in [0.5, 0.6) is 0 Å². The van der Waals surface area contributed by atoms with E-state index in [1.54, 1.807) is 0 Å². The van der Waals surface area contributed by atoms with Crippen LogP contribution >= 0.6 is 11.6 Å². The number of hydrogen-bond donors (Lipinski definition) is 0. The topological polar surface area (TPSA) is 30.7 Å². The Morgan fingerprint density at radius 1 is 0.588 bits per heavy atom. The molecule has 0 atom stereocenters. The molecule has 5 aromatic carbocycles. The molecule has 7 aromatic rings. The molecule has 0 N–H and O–H groups in total. The lowest BCUT2D eigenvalue weighted by Gasteiger charge is -2.09. The van der Waals surface area contributed by atoms with Gasteiger partial charge in [0.15, 0.2) is 5.15 Å². The smallest absolute Gasteiger partial charge is 0.156 e. The van der Waals surface area contributed by atoms with E-state index >= 15 is 0 Å². The number of para-hydroxylation sites is 2. The summed E-state index contributed by atoms with van der Waals surface area (Å²) in [7, 11) is 0. The fraction of sp³-hybridized carbons (Fsp3) is 0. The highest BCUT2D eigenvalue weighted by Crippen LogP contribution is 2.36. The Balaban J connectivity index is 1.49. The third-order valence-electron chi connectivity index (χ3n) is 6.48. The number of aromatic nitrogens is 3. The minimum atomic E-state index is 0.412. The molecule has 160 valence electrons. The SMILES string of the molecule is Clc1nc2c(ccc3ccccc32)nc1-c1ccc2c(c1)c1ccccc1n2-c1ccccc1. The van der Waals surface area contributed by atoms with Gasteiger partial charge in [0, 0.05) is 27.4 Å². The van der Waals surface area contributed by atoms with E-state index in [0.717, 1.165) is 44.0 Å². The van der Waals surface area contributed by atoms with E-state index in [2.05, 4.69) is 89.5 Å². The molecule has 7 rings (SSSR count). The molecule has 0 amide bonds. The number of benzene rings is 5. The Labute approximate surface area is 200 Å². The molecule has 0 radical (unpaired) electrons. The average Bonchev–Trinajstić information content (AvgIpc) is 3.22. The fourth-order valence-corrected chi connectivity index (χ4v) is 5.16. The van der Waals surface area contributed by atoms with Gasteiger partial charge in [0.25, 0.3) is 0 Å². The summed E-state index contributed by atoms with van der Waals surface area (Å²) >= 11 is 6.73. The van der Waals surface area contributed by atoms with E-state index in [1.165, 1.54) is 10.9 Å². The summed E-state index contributed by atoms with van der Waals surface area (Å²) in [6, 6.07) is 37.6. The van der Waals surface area contributed by atoms with Gasteiger partial charge in [0.1, 0.15) is 5.69 Å². The van der Waals surface area contributed by atoms with Crippen molar-refractivity contribution in [3.63, 3.8) is 0 Å². The van der Waals surface area contributed by atoms with Crippen LogP contribution in [0.15, 0.2) is 109 Å². The summed E-state index contributed by atoms with van der Waals surface area (Å²) in [6.07, 6.45) is 0. The minimum absolute atomic E-state index is 0.412. The van der Waals surface area contributed by atoms with Gasteiger partial charge in [-0.05, 0) is 41.8 Å². The van der Waals surface area contributed by atoms with Crippen molar-refractivity contribution >= 4 is 55.2 Å². The standard InChI is InChI=1S/C30H18ClN3/c31-30-28(32-25-16-14-19-8-4-5-11-22(19)29(25)33-30)20-15-17-27-24(18-20)23-12-6-7-13-26(23)34(27)21-9-2-1-3-10-21/h1-18H. The maximum atomic E-state index is 6.73. The first kappa shape index (κ1) is 19.3. The van der Waals surface area contributed by atoms with Gasteiger partial charge in [-0.1, -0.05) is 84.4 Å². The molecule has 2 heterocycles. The second-order valence-electron chi connectivity index (χ2n) is 8.44. The van der Waals surface area contributed by atoms with Crippen molar-refractivity contribution in [1.82, 2.24) is 14.5 Å². The quantitative estimate of drug-likeness (QED) is 0.246. The summed E-state index contributed by atoms with van der Waals surface area (Å²) in [4.78, 5) is 9.72. The first-order valence-corrected chi connectivity index (χ1v) is 11.6. The second kappa shape index (κ2) is 7.41. The van der Waals surface area contributed by atoms with Crippen molar-refractivity contribution in [2.75, 3.05) is 0 Å². The van der Waals surface area contributed by atoms with E-state index in [1.807, 2.05) is 24.3 Å². The molecule has 0 saturated carbocycles. The summed E-state index contributed by atoms with van der Waals surface area (Å²) < 4.78 is 2.30. The number of fused-ring (bicyclic) bond motifs is 6. The highest BCUT2D eigenvalue weighted by atomic mass is 35.5. The zero-order valence-electron chi connectivity index (χ0n) is 18.1. The first-order valence-electron chi connectivity index (χ1n) is 11.2. The lowest BCUT2D eigenvalue weighted by molar-refractivity contribution is 1.18. The first-order chi connectivity index (χ1) is 16.8. The van der Waals surface area contributed by atoms with Crippen molar-refractivity contribution in [2.45, 2.75) is 0 Å². The molecule has 0 fully saturated rings. The van der Waals surface area contributed by atoms with Gasteiger partial charge >= 0.3 is 0 Å². The fourth-order valence-electron chi connectivity index (χ4n) is 4.93. The van der Waals surface area contributed by atoms with Gasteiger partial charge in [-0.25, -0.2) is 9.97 Å². The molecule has 0 aliphatic heterocycles. The minimum Gasteiger partial charge on any atom is -0.309 e. The van der Waals surface area contributed by atoms with Crippen LogP contribution < -0.4 is 0 Å². The van der Waals surface area contributed by atoms with Crippen molar-refractivity contribution in [3.8, 4) is 16.9 Å². The van der Waals surface area contributed by atoms with Crippen LogP contribution in [0.4, 0.5) is 0 Å². The normalized spacial score (nSPS) is 11.7. The van der Waals surface area contributed by atoms with E-state index in [9.17, 15) is 0 Å². The molecular weight excluding hydrogens is 438 g/mol. The predicted molar refractivity (Wildman–Crippen MR) is 142 cm³/mol. The third kappa shape index (κ3) is 2.84. The van der Waals surface area contributed by atoms with Crippen molar-refractivity contribution in [2.24, 2.45) is 0 Å². The zero-order valence-corrected chi connectivity index (χ0v) is 18.9. The number of nitrogens with zero attached hydrogens (tertiary/aromatic N) is 3. The van der Waals surface area contributed by atoms with Crippen LogP contribution in [0, 0.1) is 0 Å². The van der Waals surface area contributed by atoms with Crippen LogP contribution in [-0.2, 0) is 0 Å². The number of hydrogen-bond acceptors (Lipinski definition) is 2. The van der Waals surface area contributed by atoms with Crippen LogP contribution in [0.3, 0.4) is 0 Å². The summed E-state index contributed by atoms with van der Waals surface area (Å²) in [5.74, 6) is 0. The zero-order chi connectivity index (χ0) is 22.6. The second-order valence-corrected chi connectivity index (χ2v) is 8.80. The van der Waals surface area contributed by atoms with Gasteiger partial charge in [-0.2, -0.15) is 0 Å². The molecule has 3 nitrogen and oxygen atoms in total. The van der Waals surface area contributed by atoms with Crippen LogP contribution in [-0.4, -0.2) is 14.5 Å². The van der Waals surface area contributed by atoms with Gasteiger partial charge < -0.3 is 4.57 Å². The van der Waals surface area contributed by atoms with Crippen molar-refractivity contribution < 1.29 is 0 Å². The van der Waals surface area contributed by atoms with E-state index < -0.39 is 0 Å². The van der Waals surface area contributed by atoms with Gasteiger partial charge in [0.2, 0.25) is 0 Å². The monoisotopic (exact) mass is 455 g/mol. The number of halogens is 1. The Hall–Kier alpha value is -4.21. The summed E-state index contributed by atoms with van der Waals surface area (Å²) in [5, 5.41) is 4.95. The Bertz CT molecular complexity index is 1870. The molecular formula is C30H18ClN3. The van der Waals surface area contributed by atoms with Crippen molar-refractivity contribution in [1.29, 1.82) is 0 Å². The van der Waals surface area contributed by atoms with Crippen LogP contribution in [0.1, 0.15) is 0 Å². The molecule has 34 heavy (non-hydrogen) atoms. The van der Waals surface area contributed by atoms with Gasteiger partial charge in [-0.3, -0.25) is 0 Å². The molecule has 0 aliphatic carbocycles. The molecule has 0 unspecified atom stereocenters. The third-order valence-corrected chi connectivity index (χ3v) is 6.74. The highest BCUT2D eigenvalue weighted by molar-refractivity contribution is 6.32. The molecule has 0 aliphatic rings. The molecule has 0 saturated heterocycles. The molecule has 4 heteroatoms. The van der Waals surface area contributed by atoms with Gasteiger partial charge in [0.05, 0.1) is 22.1 Å². The molecule has 0 bridgehead atoms. The maximum absolute atomic E-state index is 6.73. The number of rotatable bonds is 2. The average molecular weight is 456 g/mol. The van der Waals surface area contributed by atoms with Crippen molar-refractivity contribution in [3.05, 3.63) is 114 Å². The molecule has 2 aromatic heterocycles. The summed E-state index contributed by atoms with van der Waals surface area (Å²) in [6.45, 7) is 0. The lowest BCUT2D eigenvalue weighted by Crippen LogP contribution is -1.94.